The summed E-state index contributed by atoms with van der Waals surface area (Å²) in [6, 6.07) is 7.95. The van der Waals surface area contributed by atoms with Crippen LogP contribution < -0.4 is 14.8 Å². The molecule has 0 unspecified atom stereocenters. The molecular formula is C21H22N2O7. The van der Waals surface area contributed by atoms with Crippen molar-refractivity contribution in [3.63, 3.8) is 0 Å². The zero-order valence-electron chi connectivity index (χ0n) is 17.1. The Balaban J connectivity index is 1.99. The number of amides is 1. The Bertz CT molecular complexity index is 977. The van der Waals surface area contributed by atoms with E-state index in [-0.39, 0.29) is 11.4 Å². The van der Waals surface area contributed by atoms with Gasteiger partial charge in [-0.25, -0.2) is 4.79 Å². The minimum absolute atomic E-state index is 0.0446. The molecule has 0 heterocycles. The molecule has 1 N–H and O–H groups in total. The van der Waals surface area contributed by atoms with Crippen LogP contribution in [0.5, 0.6) is 11.5 Å². The first-order valence-corrected chi connectivity index (χ1v) is 8.87. The van der Waals surface area contributed by atoms with Gasteiger partial charge in [0.05, 0.1) is 19.1 Å². The highest BCUT2D eigenvalue weighted by Gasteiger charge is 2.18. The van der Waals surface area contributed by atoms with Gasteiger partial charge in [0.15, 0.2) is 6.61 Å². The fourth-order valence-corrected chi connectivity index (χ4v) is 2.51. The van der Waals surface area contributed by atoms with E-state index < -0.39 is 23.4 Å². The third-order valence-corrected chi connectivity index (χ3v) is 4.21. The third-order valence-electron chi connectivity index (χ3n) is 4.21. The molecule has 0 aliphatic rings. The summed E-state index contributed by atoms with van der Waals surface area (Å²) < 4.78 is 15.2. The van der Waals surface area contributed by atoms with Crippen LogP contribution in [0.15, 0.2) is 36.4 Å². The molecule has 0 fully saturated rings. The second kappa shape index (κ2) is 10.1. The first kappa shape index (κ1) is 22.4. The van der Waals surface area contributed by atoms with Crippen LogP contribution in [0.3, 0.4) is 0 Å². The zero-order valence-corrected chi connectivity index (χ0v) is 17.1. The van der Waals surface area contributed by atoms with E-state index in [1.807, 2.05) is 0 Å². The van der Waals surface area contributed by atoms with Crippen molar-refractivity contribution >= 4 is 29.3 Å². The Morgan fingerprint density at radius 2 is 1.63 bits per heavy atom. The van der Waals surface area contributed by atoms with Crippen molar-refractivity contribution in [2.75, 3.05) is 26.1 Å². The lowest BCUT2D eigenvalue weighted by Gasteiger charge is -2.09. The topological polar surface area (TPSA) is 117 Å². The van der Waals surface area contributed by atoms with Crippen molar-refractivity contribution in [3.05, 3.63) is 63.2 Å². The second-order valence-electron chi connectivity index (χ2n) is 6.35. The van der Waals surface area contributed by atoms with Crippen LogP contribution in [-0.4, -0.2) is 37.6 Å². The molecule has 158 valence electrons. The average molecular weight is 414 g/mol. The number of ether oxygens (including phenoxy) is 3. The largest absolute Gasteiger partial charge is 0.497 e. The fraction of sp³-hybridized carbons (Fsp3) is 0.238. The number of nitrogens with zero attached hydrogens (tertiary/aromatic N) is 1. The Morgan fingerprint density at radius 1 is 1.03 bits per heavy atom. The summed E-state index contributed by atoms with van der Waals surface area (Å²) in [5.41, 5.74) is 1.96. The number of hydrogen-bond acceptors (Lipinski definition) is 7. The van der Waals surface area contributed by atoms with E-state index in [1.54, 1.807) is 32.0 Å². The van der Waals surface area contributed by atoms with Gasteiger partial charge in [-0.2, -0.15) is 0 Å². The molecule has 0 spiro atoms. The number of methoxy groups -OCH3 is 2. The maximum Gasteiger partial charge on any atom is 0.331 e. The van der Waals surface area contributed by atoms with E-state index in [0.29, 0.717) is 17.1 Å². The molecule has 2 aromatic carbocycles. The Morgan fingerprint density at radius 3 is 2.20 bits per heavy atom. The quantitative estimate of drug-likeness (QED) is 0.304. The van der Waals surface area contributed by atoms with Crippen molar-refractivity contribution in [1.82, 2.24) is 0 Å². The van der Waals surface area contributed by atoms with Gasteiger partial charge in [-0.05, 0) is 54.8 Å². The number of nitro groups is 1. The zero-order chi connectivity index (χ0) is 22.3. The van der Waals surface area contributed by atoms with Gasteiger partial charge in [-0.3, -0.25) is 14.9 Å². The molecule has 0 saturated carbocycles. The Kier molecular flexibility index (Phi) is 7.51. The molecule has 0 radical (unpaired) electrons. The fourth-order valence-electron chi connectivity index (χ4n) is 2.51. The summed E-state index contributed by atoms with van der Waals surface area (Å²) in [6.45, 7) is 2.92. The van der Waals surface area contributed by atoms with Gasteiger partial charge in [-0.1, -0.05) is 0 Å². The van der Waals surface area contributed by atoms with Crippen molar-refractivity contribution in [1.29, 1.82) is 0 Å². The molecule has 9 heteroatoms. The summed E-state index contributed by atoms with van der Waals surface area (Å²) in [5, 5.41) is 13.6. The molecule has 0 aliphatic carbocycles. The Labute approximate surface area is 173 Å². The predicted molar refractivity (Wildman–Crippen MR) is 111 cm³/mol. The van der Waals surface area contributed by atoms with Gasteiger partial charge < -0.3 is 19.5 Å². The number of rotatable bonds is 8. The summed E-state index contributed by atoms with van der Waals surface area (Å²) in [6.07, 6.45) is 2.64. The van der Waals surface area contributed by atoms with Crippen LogP contribution in [0.2, 0.25) is 0 Å². The molecule has 0 saturated heterocycles. The molecule has 9 nitrogen and oxygen atoms in total. The lowest BCUT2D eigenvalue weighted by Crippen LogP contribution is -2.20. The van der Waals surface area contributed by atoms with Gasteiger partial charge in [0.2, 0.25) is 0 Å². The molecule has 2 rings (SSSR count). The summed E-state index contributed by atoms with van der Waals surface area (Å²) >= 11 is 0. The van der Waals surface area contributed by atoms with E-state index in [4.69, 9.17) is 14.2 Å². The second-order valence-corrected chi connectivity index (χ2v) is 6.35. The highest BCUT2D eigenvalue weighted by molar-refractivity contribution is 5.96. The minimum Gasteiger partial charge on any atom is -0.497 e. The van der Waals surface area contributed by atoms with Gasteiger partial charge >= 0.3 is 5.97 Å². The SMILES string of the molecule is COc1cc(/C=C/C(=O)OCC(=O)Nc2cc(C)c(C)cc2[N+](=O)[O-])cc(OC)c1. The van der Waals surface area contributed by atoms with Crippen LogP contribution in [0.1, 0.15) is 16.7 Å². The number of aryl methyl sites for hydroxylation is 2. The molecule has 0 bridgehead atoms. The number of nitro benzene ring substituents is 1. The molecule has 0 aromatic heterocycles. The van der Waals surface area contributed by atoms with Crippen LogP contribution in [0.4, 0.5) is 11.4 Å². The highest BCUT2D eigenvalue weighted by Crippen LogP contribution is 2.28. The third kappa shape index (κ3) is 6.06. The number of carbonyl (C=O) groups excluding carboxylic acids is 2. The monoisotopic (exact) mass is 414 g/mol. The average Bonchev–Trinajstić information content (AvgIpc) is 2.72. The predicted octanol–water partition coefficient (Wildman–Crippen LogP) is 3.42. The number of benzene rings is 2. The van der Waals surface area contributed by atoms with Gasteiger partial charge in [0, 0.05) is 18.2 Å². The number of anilines is 1. The smallest absolute Gasteiger partial charge is 0.331 e. The van der Waals surface area contributed by atoms with E-state index in [0.717, 1.165) is 17.2 Å². The summed E-state index contributed by atoms with van der Waals surface area (Å²) in [4.78, 5) is 34.6. The molecule has 0 aliphatic heterocycles. The van der Waals surface area contributed by atoms with Crippen LogP contribution in [-0.2, 0) is 14.3 Å². The summed E-state index contributed by atoms with van der Waals surface area (Å²) in [7, 11) is 3.02. The summed E-state index contributed by atoms with van der Waals surface area (Å²) in [5.74, 6) is -0.332. The minimum atomic E-state index is -0.749. The molecule has 1 amide bonds. The highest BCUT2D eigenvalue weighted by atomic mass is 16.6. The normalized spacial score (nSPS) is 10.5. The lowest BCUT2D eigenvalue weighted by molar-refractivity contribution is -0.384. The lowest BCUT2D eigenvalue weighted by atomic mass is 10.1. The number of esters is 1. The Hall–Kier alpha value is -3.88. The number of carbonyl (C=O) groups is 2. The van der Waals surface area contributed by atoms with Gasteiger partial charge in [0.1, 0.15) is 17.2 Å². The molecule has 0 atom stereocenters. The van der Waals surface area contributed by atoms with Crippen molar-refractivity contribution in [3.8, 4) is 11.5 Å². The molecule has 2 aromatic rings. The number of nitrogens with one attached hydrogen (secondary N) is 1. The van der Waals surface area contributed by atoms with Crippen molar-refractivity contribution in [2.24, 2.45) is 0 Å². The molecule has 30 heavy (non-hydrogen) atoms. The van der Waals surface area contributed by atoms with Crippen LogP contribution in [0.25, 0.3) is 6.08 Å². The first-order chi connectivity index (χ1) is 14.2. The standard InChI is InChI=1S/C21H22N2O7/c1-13-7-18(19(23(26)27)8-14(13)2)22-20(24)12-30-21(25)6-5-15-9-16(28-3)11-17(10-15)29-4/h5-11H,12H2,1-4H3,(H,22,24)/b6-5+. The van der Waals surface area contributed by atoms with Gasteiger partial charge in [-0.15, -0.1) is 0 Å². The number of hydrogen-bond donors (Lipinski definition) is 1. The van der Waals surface area contributed by atoms with E-state index in [2.05, 4.69) is 5.32 Å². The maximum absolute atomic E-state index is 12.1. The van der Waals surface area contributed by atoms with Crippen molar-refractivity contribution < 1.29 is 28.7 Å². The van der Waals surface area contributed by atoms with E-state index in [9.17, 15) is 19.7 Å². The van der Waals surface area contributed by atoms with Crippen molar-refractivity contribution in [2.45, 2.75) is 13.8 Å². The van der Waals surface area contributed by atoms with Crippen LogP contribution in [0, 0.1) is 24.0 Å². The van der Waals surface area contributed by atoms with E-state index >= 15 is 0 Å². The first-order valence-electron chi connectivity index (χ1n) is 8.87. The maximum atomic E-state index is 12.1. The van der Waals surface area contributed by atoms with E-state index in [1.165, 1.54) is 32.4 Å². The van der Waals surface area contributed by atoms with Crippen LogP contribution >= 0.6 is 0 Å². The molecular weight excluding hydrogens is 392 g/mol. The van der Waals surface area contributed by atoms with Gasteiger partial charge in [0.25, 0.3) is 11.6 Å².